The van der Waals surface area contributed by atoms with Gasteiger partial charge in [-0.25, -0.2) is 14.3 Å². The van der Waals surface area contributed by atoms with Crippen LogP contribution in [0.15, 0.2) is 91.3 Å². The Hall–Kier alpha value is -5.18. The minimum atomic E-state index is -1.23. The van der Waals surface area contributed by atoms with E-state index >= 15 is 0 Å². The van der Waals surface area contributed by atoms with E-state index < -0.39 is 18.1 Å². The molecular weight excluding hydrogens is 518 g/mol. The summed E-state index contributed by atoms with van der Waals surface area (Å²) < 4.78 is 9.07. The molecule has 0 saturated heterocycles. The topological polar surface area (TPSA) is 111 Å². The van der Waals surface area contributed by atoms with Crippen molar-refractivity contribution in [1.82, 2.24) is 24.9 Å². The number of hydrogen-bond acceptors (Lipinski definition) is 5. The lowest BCUT2D eigenvalue weighted by molar-refractivity contribution is -0.139. The molecule has 2 aromatic heterocycles. The first-order chi connectivity index (χ1) is 19.9. The van der Waals surface area contributed by atoms with E-state index in [9.17, 15) is 14.7 Å². The van der Waals surface area contributed by atoms with Crippen molar-refractivity contribution in [3.63, 3.8) is 0 Å². The second-order valence-corrected chi connectivity index (χ2v) is 10.1. The largest absolute Gasteiger partial charge is 0.480 e. The van der Waals surface area contributed by atoms with Crippen molar-refractivity contribution in [2.45, 2.75) is 25.3 Å². The normalized spacial score (nSPS) is 12.9. The van der Waals surface area contributed by atoms with Gasteiger partial charge in [-0.05, 0) is 41.3 Å². The molecule has 2 heterocycles. The van der Waals surface area contributed by atoms with Crippen LogP contribution in [0.4, 0.5) is 4.79 Å². The number of alkyl carbamates (subject to hydrolysis) is 1. The summed E-state index contributed by atoms with van der Waals surface area (Å²) in [5, 5.41) is 21.7. The summed E-state index contributed by atoms with van der Waals surface area (Å²) in [6.45, 7) is 2.02. The first-order valence-electron chi connectivity index (χ1n) is 13.4. The molecule has 2 N–H and O–H groups in total. The lowest BCUT2D eigenvalue weighted by atomic mass is 9.98. The number of aromatic nitrogens is 4. The maximum absolute atomic E-state index is 12.9. The fraction of sp³-hybridized carbons (Fsp3) is 0.188. The Balaban J connectivity index is 1.22. The van der Waals surface area contributed by atoms with E-state index in [1.165, 1.54) is 0 Å². The number of amides is 1. The average Bonchev–Trinajstić information content (AvgIpc) is 3.65. The maximum Gasteiger partial charge on any atom is 0.407 e. The maximum atomic E-state index is 12.9. The van der Waals surface area contributed by atoms with E-state index in [-0.39, 0.29) is 18.9 Å². The number of nitrogens with zero attached hydrogens (tertiary/aromatic N) is 4. The van der Waals surface area contributed by atoms with Gasteiger partial charge >= 0.3 is 12.1 Å². The molecule has 41 heavy (non-hydrogen) atoms. The van der Waals surface area contributed by atoms with Crippen LogP contribution >= 0.6 is 0 Å². The molecule has 0 spiro atoms. The van der Waals surface area contributed by atoms with Crippen molar-refractivity contribution in [3.8, 4) is 28.1 Å². The highest BCUT2D eigenvalue weighted by Gasteiger charge is 2.30. The van der Waals surface area contributed by atoms with E-state index in [4.69, 9.17) is 9.84 Å². The minimum Gasteiger partial charge on any atom is -0.480 e. The second-order valence-electron chi connectivity index (χ2n) is 10.1. The number of ether oxygens (including phenoxy) is 1. The monoisotopic (exact) mass is 547 g/mol. The van der Waals surface area contributed by atoms with Crippen LogP contribution in [0.3, 0.4) is 0 Å². The molecule has 0 aliphatic heterocycles. The van der Waals surface area contributed by atoms with Crippen LogP contribution in [0.2, 0.25) is 0 Å². The molecule has 9 nitrogen and oxygen atoms in total. The van der Waals surface area contributed by atoms with Gasteiger partial charge in [0.05, 0.1) is 17.6 Å². The van der Waals surface area contributed by atoms with Crippen molar-refractivity contribution < 1.29 is 19.4 Å². The highest BCUT2D eigenvalue weighted by molar-refractivity contribution is 5.81. The Morgan fingerprint density at radius 2 is 1.59 bits per heavy atom. The predicted octanol–water partition coefficient (Wildman–Crippen LogP) is 5.12. The highest BCUT2D eigenvalue weighted by atomic mass is 16.5. The van der Waals surface area contributed by atoms with Crippen LogP contribution in [0.5, 0.6) is 0 Å². The number of carbonyl (C=O) groups excluding carboxylic acids is 1. The van der Waals surface area contributed by atoms with E-state index in [1.807, 2.05) is 80.7 Å². The van der Waals surface area contributed by atoms with Gasteiger partial charge in [-0.3, -0.25) is 4.68 Å². The lowest BCUT2D eigenvalue weighted by Gasteiger charge is -2.17. The molecule has 206 valence electrons. The van der Waals surface area contributed by atoms with E-state index in [2.05, 4.69) is 22.5 Å². The molecule has 0 fully saturated rings. The Morgan fingerprint density at radius 1 is 0.951 bits per heavy atom. The summed E-state index contributed by atoms with van der Waals surface area (Å²) in [6, 6.07) is 24.4. The molecule has 0 bridgehead atoms. The lowest BCUT2D eigenvalue weighted by Crippen LogP contribution is -2.43. The third-order valence-corrected chi connectivity index (χ3v) is 7.66. The van der Waals surface area contributed by atoms with E-state index in [0.717, 1.165) is 39.2 Å². The summed E-state index contributed by atoms with van der Waals surface area (Å²) in [6.07, 6.45) is 2.74. The number of carbonyl (C=O) groups is 2. The molecule has 1 unspecified atom stereocenters. The van der Waals surface area contributed by atoms with Crippen molar-refractivity contribution in [3.05, 3.63) is 114 Å². The van der Waals surface area contributed by atoms with Crippen molar-refractivity contribution in [1.29, 1.82) is 0 Å². The Labute approximate surface area is 237 Å². The van der Waals surface area contributed by atoms with Gasteiger partial charge in [0.2, 0.25) is 0 Å². The third kappa shape index (κ3) is 4.98. The first-order valence-corrected chi connectivity index (χ1v) is 13.4. The average molecular weight is 548 g/mol. The number of carboxylic acids is 1. The summed E-state index contributed by atoms with van der Waals surface area (Å²) in [7, 11) is 1.84. The van der Waals surface area contributed by atoms with Gasteiger partial charge in [-0.1, -0.05) is 66.7 Å². The number of hydrogen-bond donors (Lipinski definition) is 2. The van der Waals surface area contributed by atoms with Crippen LogP contribution < -0.4 is 5.32 Å². The molecule has 6 rings (SSSR count). The number of fused-ring (bicyclic) bond motifs is 3. The summed E-state index contributed by atoms with van der Waals surface area (Å²) in [5.41, 5.74) is 8.20. The molecule has 5 aromatic rings. The molecule has 1 atom stereocenters. The number of benzene rings is 3. The first kappa shape index (κ1) is 26.1. The summed E-state index contributed by atoms with van der Waals surface area (Å²) in [5.74, 6) is -1.29. The zero-order valence-electron chi connectivity index (χ0n) is 22.7. The van der Waals surface area contributed by atoms with Gasteiger partial charge in [-0.15, -0.1) is 0 Å². The molecule has 1 amide bonds. The number of aliphatic carboxylic acids is 1. The number of para-hydroxylation sites is 1. The molecule has 1 aliphatic rings. The van der Waals surface area contributed by atoms with Crippen LogP contribution in [0.1, 0.15) is 28.3 Å². The zero-order chi connectivity index (χ0) is 28.5. The third-order valence-electron chi connectivity index (χ3n) is 7.66. The molecular formula is C32H29N5O4. The Kier molecular flexibility index (Phi) is 6.84. The van der Waals surface area contributed by atoms with Crippen LogP contribution in [-0.2, 0) is 23.0 Å². The van der Waals surface area contributed by atoms with Gasteiger partial charge in [-0.2, -0.15) is 10.2 Å². The van der Waals surface area contributed by atoms with Crippen LogP contribution in [0, 0.1) is 6.92 Å². The minimum absolute atomic E-state index is 0.00995. The summed E-state index contributed by atoms with van der Waals surface area (Å²) >= 11 is 0. The van der Waals surface area contributed by atoms with Crippen LogP contribution in [-0.4, -0.2) is 49.4 Å². The standard InChI is InChI=1S/C32H29N5O4/c1-20-27(17-33-36(20)2)30-21(18-37(35-30)22-10-4-3-5-11-22)16-29(31(38)39)34-32(40)41-19-28-25-14-8-6-12-23(25)24-13-7-9-15-26(24)28/h3-15,17-18,28-29H,16,19H2,1-2H3,(H,34,40)(H,38,39). The molecule has 3 aromatic carbocycles. The van der Waals surface area contributed by atoms with E-state index in [0.29, 0.717) is 11.3 Å². The van der Waals surface area contributed by atoms with Gasteiger partial charge in [0.25, 0.3) is 0 Å². The molecule has 9 heteroatoms. The number of aryl methyl sites for hydroxylation is 1. The fourth-order valence-electron chi connectivity index (χ4n) is 5.43. The quantitative estimate of drug-likeness (QED) is 0.279. The molecule has 0 radical (unpaired) electrons. The second kappa shape index (κ2) is 10.8. The van der Waals surface area contributed by atoms with Gasteiger partial charge in [0.1, 0.15) is 12.6 Å². The molecule has 0 saturated carbocycles. The number of rotatable bonds is 8. The van der Waals surface area contributed by atoms with Gasteiger partial charge in [0.15, 0.2) is 0 Å². The fourth-order valence-corrected chi connectivity index (χ4v) is 5.43. The zero-order valence-corrected chi connectivity index (χ0v) is 22.7. The van der Waals surface area contributed by atoms with E-state index in [1.54, 1.807) is 21.8 Å². The number of nitrogens with one attached hydrogen (secondary N) is 1. The smallest absolute Gasteiger partial charge is 0.407 e. The van der Waals surface area contributed by atoms with Crippen molar-refractivity contribution in [2.24, 2.45) is 7.05 Å². The Morgan fingerprint density at radius 3 is 2.20 bits per heavy atom. The summed E-state index contributed by atoms with van der Waals surface area (Å²) in [4.78, 5) is 25.2. The van der Waals surface area contributed by atoms with Crippen molar-refractivity contribution in [2.75, 3.05) is 6.61 Å². The highest BCUT2D eigenvalue weighted by Crippen LogP contribution is 2.44. The van der Waals surface area contributed by atoms with Gasteiger partial charge in [0, 0.05) is 42.4 Å². The van der Waals surface area contributed by atoms with Crippen LogP contribution in [0.25, 0.3) is 28.1 Å². The predicted molar refractivity (Wildman–Crippen MR) is 154 cm³/mol. The van der Waals surface area contributed by atoms with Crippen molar-refractivity contribution >= 4 is 12.1 Å². The SMILES string of the molecule is Cc1c(-c2nn(-c3ccccc3)cc2CC(NC(=O)OCC2c3ccccc3-c3ccccc32)C(=O)O)cnn1C. The number of carboxylic acid groups (broad SMARTS) is 1. The van der Waals surface area contributed by atoms with Gasteiger partial charge < -0.3 is 15.2 Å². The molecule has 1 aliphatic carbocycles. The Bertz CT molecular complexity index is 1690.